The smallest absolute Gasteiger partial charge is 0.382 e. The minimum Gasteiger partial charge on any atom is -0.382 e. The summed E-state index contributed by atoms with van der Waals surface area (Å²) in [5.41, 5.74) is 2.66. The third kappa shape index (κ3) is 9.41. The lowest BCUT2D eigenvalue weighted by atomic mass is 10.0. The summed E-state index contributed by atoms with van der Waals surface area (Å²) in [6.07, 6.45) is -2.34. The number of alkyl halides is 3. The van der Waals surface area contributed by atoms with Crippen LogP contribution in [0.15, 0.2) is 53.4 Å². The van der Waals surface area contributed by atoms with Crippen molar-refractivity contribution in [2.24, 2.45) is 0 Å². The molecule has 212 valence electrons. The molecule has 1 saturated heterocycles. The van der Waals surface area contributed by atoms with Crippen molar-refractivity contribution in [2.45, 2.75) is 70.2 Å². The van der Waals surface area contributed by atoms with Crippen molar-refractivity contribution in [1.29, 1.82) is 0 Å². The Morgan fingerprint density at radius 3 is 2.38 bits per heavy atom. The van der Waals surface area contributed by atoms with E-state index in [0.29, 0.717) is 29.8 Å². The van der Waals surface area contributed by atoms with Crippen LogP contribution in [0.3, 0.4) is 0 Å². The van der Waals surface area contributed by atoms with Gasteiger partial charge in [0, 0.05) is 33.7 Å². The van der Waals surface area contributed by atoms with Crippen molar-refractivity contribution in [1.82, 2.24) is 14.2 Å². The van der Waals surface area contributed by atoms with Gasteiger partial charge in [0.25, 0.3) is 0 Å². The molecule has 0 atom stereocenters. The summed E-state index contributed by atoms with van der Waals surface area (Å²) in [5.74, 6) is 5.98. The molecule has 3 N–H and O–H groups in total. The van der Waals surface area contributed by atoms with E-state index in [-0.39, 0.29) is 0 Å². The molecule has 3 aromatic rings. The van der Waals surface area contributed by atoms with Crippen molar-refractivity contribution in [2.75, 3.05) is 37.3 Å². The van der Waals surface area contributed by atoms with Crippen molar-refractivity contribution in [3.05, 3.63) is 54.2 Å². The fourth-order valence-corrected chi connectivity index (χ4v) is 4.99. The molecule has 2 heterocycles. The minimum absolute atomic E-state index is 0.303. The molecule has 1 fully saturated rings. The maximum absolute atomic E-state index is 13.5. The molecule has 5 nitrogen and oxygen atoms in total. The third-order valence-corrected chi connectivity index (χ3v) is 7.32. The molecule has 0 bridgehead atoms. The summed E-state index contributed by atoms with van der Waals surface area (Å²) >= 11 is 1.58. The molecule has 2 aromatic carbocycles. The van der Waals surface area contributed by atoms with Crippen LogP contribution in [0.2, 0.25) is 0 Å². The van der Waals surface area contributed by atoms with Crippen molar-refractivity contribution in [3.8, 4) is 11.8 Å². The van der Waals surface area contributed by atoms with Crippen LogP contribution >= 0.6 is 11.9 Å². The van der Waals surface area contributed by atoms with Gasteiger partial charge in [-0.05, 0) is 107 Å². The zero-order valence-corrected chi connectivity index (χ0v) is 24.3. The summed E-state index contributed by atoms with van der Waals surface area (Å²) in [6, 6.07) is 15.9. The molecular weight excluding hydrogens is 519 g/mol. The molecular formula is C30H40F3N5S. The Morgan fingerprint density at radius 1 is 1.05 bits per heavy atom. The Kier molecular flexibility index (Phi) is 11.5. The molecule has 0 spiro atoms. The first kappa shape index (κ1) is 30.7. The Morgan fingerprint density at radius 2 is 1.74 bits per heavy atom. The summed E-state index contributed by atoms with van der Waals surface area (Å²) in [4.78, 5) is 3.39. The zero-order valence-electron chi connectivity index (χ0n) is 23.5. The highest BCUT2D eigenvalue weighted by Gasteiger charge is 2.30. The molecule has 1 aliphatic heterocycles. The van der Waals surface area contributed by atoms with E-state index in [1.165, 1.54) is 4.57 Å². The molecule has 0 aliphatic carbocycles. The predicted molar refractivity (Wildman–Crippen MR) is 159 cm³/mol. The molecule has 9 heteroatoms. The van der Waals surface area contributed by atoms with Gasteiger partial charge in [0.2, 0.25) is 0 Å². The highest BCUT2D eigenvalue weighted by Crippen LogP contribution is 2.31. The number of fused-ring (bicyclic) bond motifs is 1. The second-order valence-electron chi connectivity index (χ2n) is 9.75. The van der Waals surface area contributed by atoms with E-state index in [9.17, 15) is 13.2 Å². The van der Waals surface area contributed by atoms with Crippen molar-refractivity contribution < 1.29 is 13.2 Å². The van der Waals surface area contributed by atoms with E-state index in [1.807, 2.05) is 50.2 Å². The standard InChI is InChI=1S/C28H34F3N5S.C2H6/c1-20(2)34-37-24-11-9-21(10-12-24)32-15-5-6-23-18-25-26(33-22-13-16-35(3)17-14-22)7-4-8-27(25)36(23)19-28(29,30)31;1-2/h4,7-12,18,20,22,32-34H,13-17,19H2,1-3H3;1-2H3. The van der Waals surface area contributed by atoms with Gasteiger partial charge >= 0.3 is 6.18 Å². The molecule has 0 saturated carbocycles. The quantitative estimate of drug-likeness (QED) is 0.201. The number of likely N-dealkylation sites (tertiary alicyclic amines) is 1. The molecule has 0 radical (unpaired) electrons. The topological polar surface area (TPSA) is 44.3 Å². The van der Waals surface area contributed by atoms with Gasteiger partial charge in [0.15, 0.2) is 0 Å². The van der Waals surface area contributed by atoms with Gasteiger partial charge in [-0.3, -0.25) is 4.72 Å². The highest BCUT2D eigenvalue weighted by atomic mass is 32.2. The van der Waals surface area contributed by atoms with Crippen molar-refractivity contribution in [3.63, 3.8) is 0 Å². The summed E-state index contributed by atoms with van der Waals surface area (Å²) < 4.78 is 45.0. The monoisotopic (exact) mass is 559 g/mol. The van der Waals surface area contributed by atoms with Gasteiger partial charge in [0.1, 0.15) is 6.54 Å². The number of halogens is 3. The summed E-state index contributed by atoms with van der Waals surface area (Å²) in [6.45, 7) is 9.43. The van der Waals surface area contributed by atoms with Crippen LogP contribution in [-0.2, 0) is 6.54 Å². The summed E-state index contributed by atoms with van der Waals surface area (Å²) in [5, 5.41) is 7.56. The fraction of sp³-hybridized carbons (Fsp3) is 0.467. The number of hydrogen-bond acceptors (Lipinski definition) is 5. The average Bonchev–Trinajstić information content (AvgIpc) is 3.25. The fourth-order valence-electron chi connectivity index (χ4n) is 4.34. The predicted octanol–water partition coefficient (Wildman–Crippen LogP) is 7.20. The number of nitrogens with zero attached hydrogens (tertiary/aromatic N) is 2. The second kappa shape index (κ2) is 14.5. The molecule has 1 aromatic heterocycles. The van der Waals surface area contributed by atoms with E-state index < -0.39 is 12.7 Å². The Balaban J connectivity index is 0.00000205. The normalized spacial score (nSPS) is 14.5. The van der Waals surface area contributed by atoms with Gasteiger partial charge in [0.05, 0.1) is 17.8 Å². The molecule has 0 unspecified atom stereocenters. The van der Waals surface area contributed by atoms with Crippen LogP contribution in [0.4, 0.5) is 24.5 Å². The maximum atomic E-state index is 13.5. The number of nitrogens with one attached hydrogen (secondary N) is 3. The van der Waals surface area contributed by atoms with Crippen LogP contribution < -0.4 is 15.4 Å². The number of anilines is 2. The van der Waals surface area contributed by atoms with Crippen molar-refractivity contribution >= 4 is 34.2 Å². The number of hydrogen-bond donors (Lipinski definition) is 3. The number of rotatable bonds is 8. The van der Waals surface area contributed by atoms with E-state index in [0.717, 1.165) is 47.6 Å². The second-order valence-corrected chi connectivity index (χ2v) is 10.7. The average molecular weight is 560 g/mol. The lowest BCUT2D eigenvalue weighted by Crippen LogP contribution is -2.36. The molecule has 39 heavy (non-hydrogen) atoms. The largest absolute Gasteiger partial charge is 0.406 e. The lowest BCUT2D eigenvalue weighted by molar-refractivity contribution is -0.140. The first-order valence-electron chi connectivity index (χ1n) is 13.6. The van der Waals surface area contributed by atoms with E-state index in [1.54, 1.807) is 24.1 Å². The van der Waals surface area contributed by atoms with Gasteiger partial charge < -0.3 is 20.1 Å². The van der Waals surface area contributed by atoms with Gasteiger partial charge in [-0.15, -0.1) is 0 Å². The maximum Gasteiger partial charge on any atom is 0.406 e. The number of piperidine rings is 1. The summed E-state index contributed by atoms with van der Waals surface area (Å²) in [7, 11) is 2.10. The van der Waals surface area contributed by atoms with Gasteiger partial charge in [-0.25, -0.2) is 0 Å². The van der Waals surface area contributed by atoms with Gasteiger partial charge in [-0.2, -0.15) is 13.2 Å². The van der Waals surface area contributed by atoms with Crippen LogP contribution in [0.5, 0.6) is 0 Å². The van der Waals surface area contributed by atoms with E-state index in [4.69, 9.17) is 0 Å². The number of aromatic nitrogens is 1. The van der Waals surface area contributed by atoms with Crippen LogP contribution in [0, 0.1) is 11.8 Å². The van der Waals surface area contributed by atoms with Gasteiger partial charge in [-0.1, -0.05) is 25.8 Å². The lowest BCUT2D eigenvalue weighted by Gasteiger charge is -2.30. The first-order valence-corrected chi connectivity index (χ1v) is 14.4. The minimum atomic E-state index is -4.35. The van der Waals surface area contributed by atoms with Crippen LogP contribution in [-0.4, -0.2) is 54.4 Å². The van der Waals surface area contributed by atoms with E-state index in [2.05, 4.69) is 53.0 Å². The highest BCUT2D eigenvalue weighted by molar-refractivity contribution is 7.97. The molecule has 0 amide bonds. The van der Waals surface area contributed by atoms with Crippen LogP contribution in [0.1, 0.15) is 46.2 Å². The molecule has 4 rings (SSSR count). The SMILES string of the molecule is CC.CC(C)NSc1ccc(NCC#Cc2cc3c(NC4CCN(C)CC4)cccc3n2CC(F)(F)F)cc1. The first-order chi connectivity index (χ1) is 18.7. The van der Waals surface area contributed by atoms with Crippen LogP contribution in [0.25, 0.3) is 10.9 Å². The Hall–Kier alpha value is -2.80. The third-order valence-electron chi connectivity index (χ3n) is 6.23. The van der Waals surface area contributed by atoms with E-state index >= 15 is 0 Å². The Labute approximate surface area is 235 Å². The Bertz CT molecular complexity index is 1230. The number of benzene rings is 2. The molecule has 1 aliphatic rings. The zero-order chi connectivity index (χ0) is 28.4.